The van der Waals surface area contributed by atoms with E-state index in [9.17, 15) is 12.8 Å². The molecule has 0 saturated heterocycles. The lowest BCUT2D eigenvalue weighted by Gasteiger charge is -2.17. The Balaban J connectivity index is 3.06. The maximum atomic E-state index is 13.1. The number of hydrogen-bond donors (Lipinski definition) is 0. The van der Waals surface area contributed by atoms with E-state index in [0.29, 0.717) is 5.56 Å². The summed E-state index contributed by atoms with van der Waals surface area (Å²) in [5.74, 6) is -0.282. The Bertz CT molecular complexity index is 485. The van der Waals surface area contributed by atoms with Crippen LogP contribution in [-0.2, 0) is 9.84 Å². The minimum atomic E-state index is -3.11. The number of alkyl halides is 1. The maximum Gasteiger partial charge on any atom is 0.151 e. The van der Waals surface area contributed by atoms with Gasteiger partial charge in [-0.1, -0.05) is 28.1 Å². The summed E-state index contributed by atoms with van der Waals surface area (Å²) < 4.78 is 35.9. The fraction of sp³-hybridized carbons (Fsp3) is 0.455. The molecule has 2 atom stereocenters. The Labute approximate surface area is 104 Å². The Morgan fingerprint density at radius 1 is 1.38 bits per heavy atom. The molecule has 0 spiro atoms. The van der Waals surface area contributed by atoms with E-state index >= 15 is 0 Å². The van der Waals surface area contributed by atoms with E-state index in [4.69, 9.17) is 0 Å². The summed E-state index contributed by atoms with van der Waals surface area (Å²) in [5, 5.41) is -0.544. The van der Waals surface area contributed by atoms with Crippen LogP contribution in [0.1, 0.15) is 22.9 Å². The molecule has 0 N–H and O–H groups in total. The van der Waals surface area contributed by atoms with Gasteiger partial charge in [0.25, 0.3) is 0 Å². The first-order valence-electron chi connectivity index (χ1n) is 4.82. The van der Waals surface area contributed by atoms with Crippen LogP contribution in [0.5, 0.6) is 0 Å². The minimum absolute atomic E-state index is 0.282. The second-order valence-corrected chi connectivity index (χ2v) is 7.33. The van der Waals surface area contributed by atoms with Gasteiger partial charge in [0.2, 0.25) is 0 Å². The van der Waals surface area contributed by atoms with Gasteiger partial charge in [0, 0.05) is 6.26 Å². The van der Waals surface area contributed by atoms with Gasteiger partial charge in [-0.05, 0) is 31.0 Å². The van der Waals surface area contributed by atoms with Crippen molar-refractivity contribution in [3.8, 4) is 0 Å². The van der Waals surface area contributed by atoms with Crippen LogP contribution in [0.3, 0.4) is 0 Å². The second kappa shape index (κ2) is 4.84. The van der Waals surface area contributed by atoms with E-state index < -0.39 is 15.1 Å². The maximum absolute atomic E-state index is 13.1. The van der Waals surface area contributed by atoms with Gasteiger partial charge in [0.15, 0.2) is 9.84 Å². The fourth-order valence-corrected chi connectivity index (χ4v) is 3.38. The first-order chi connectivity index (χ1) is 7.23. The van der Waals surface area contributed by atoms with Gasteiger partial charge >= 0.3 is 0 Å². The zero-order chi connectivity index (χ0) is 12.5. The molecule has 1 aromatic carbocycles. The molecule has 0 aliphatic heterocycles. The van der Waals surface area contributed by atoms with Crippen molar-refractivity contribution in [1.29, 1.82) is 0 Å². The molecule has 0 heterocycles. The second-order valence-electron chi connectivity index (χ2n) is 3.95. The lowest BCUT2D eigenvalue weighted by molar-refractivity contribution is 0.588. The highest BCUT2D eigenvalue weighted by Crippen LogP contribution is 2.31. The number of sulfone groups is 1. The SMILES string of the molecule is Cc1cc(C(Br)C(C)S(C)(=O)=O)ccc1F. The van der Waals surface area contributed by atoms with E-state index in [-0.39, 0.29) is 10.6 Å². The summed E-state index contributed by atoms with van der Waals surface area (Å²) >= 11 is 3.34. The Morgan fingerprint density at radius 3 is 2.38 bits per heavy atom. The Kier molecular flexibility index (Phi) is 4.12. The highest BCUT2D eigenvalue weighted by Gasteiger charge is 2.25. The third-order valence-corrected chi connectivity index (χ3v) is 5.88. The van der Waals surface area contributed by atoms with Crippen molar-refractivity contribution in [2.24, 2.45) is 0 Å². The molecule has 1 aromatic rings. The third-order valence-electron chi connectivity index (χ3n) is 2.59. The highest BCUT2D eigenvalue weighted by atomic mass is 79.9. The Hall–Kier alpha value is -0.420. The van der Waals surface area contributed by atoms with E-state index in [0.717, 1.165) is 5.56 Å². The summed E-state index contributed by atoms with van der Waals surface area (Å²) in [6.07, 6.45) is 1.20. The summed E-state index contributed by atoms with van der Waals surface area (Å²) in [5.41, 5.74) is 1.29. The molecule has 90 valence electrons. The summed E-state index contributed by atoms with van der Waals surface area (Å²) in [6.45, 7) is 3.29. The summed E-state index contributed by atoms with van der Waals surface area (Å²) in [6, 6.07) is 4.62. The van der Waals surface area contributed by atoms with Crippen LogP contribution in [0.15, 0.2) is 18.2 Å². The predicted octanol–water partition coefficient (Wildman–Crippen LogP) is 3.00. The van der Waals surface area contributed by atoms with Gasteiger partial charge in [-0.15, -0.1) is 0 Å². The van der Waals surface area contributed by atoms with Crippen LogP contribution in [0, 0.1) is 12.7 Å². The average molecular weight is 309 g/mol. The van der Waals surface area contributed by atoms with Crippen molar-refractivity contribution in [3.05, 3.63) is 35.1 Å². The van der Waals surface area contributed by atoms with E-state index in [2.05, 4.69) is 15.9 Å². The zero-order valence-corrected chi connectivity index (χ0v) is 11.8. The van der Waals surface area contributed by atoms with Crippen molar-refractivity contribution in [2.45, 2.75) is 23.9 Å². The number of halogens is 2. The monoisotopic (exact) mass is 308 g/mol. The lowest BCUT2D eigenvalue weighted by atomic mass is 10.1. The van der Waals surface area contributed by atoms with Crippen molar-refractivity contribution in [2.75, 3.05) is 6.26 Å². The smallest absolute Gasteiger partial charge is 0.151 e. The van der Waals surface area contributed by atoms with Crippen LogP contribution in [-0.4, -0.2) is 19.9 Å². The van der Waals surface area contributed by atoms with Gasteiger partial charge in [-0.3, -0.25) is 0 Å². The number of benzene rings is 1. The first-order valence-corrected chi connectivity index (χ1v) is 7.69. The van der Waals surface area contributed by atoms with Crippen LogP contribution in [0.4, 0.5) is 4.39 Å². The van der Waals surface area contributed by atoms with Crippen molar-refractivity contribution in [1.82, 2.24) is 0 Å². The summed E-state index contributed by atoms with van der Waals surface area (Å²) in [4.78, 5) is -0.318. The van der Waals surface area contributed by atoms with Crippen molar-refractivity contribution < 1.29 is 12.8 Å². The standard InChI is InChI=1S/C11H14BrFO2S/c1-7-6-9(4-5-10(7)13)11(12)8(2)16(3,14)15/h4-6,8,11H,1-3H3. The van der Waals surface area contributed by atoms with Crippen LogP contribution >= 0.6 is 15.9 Å². The quantitative estimate of drug-likeness (QED) is 0.804. The van der Waals surface area contributed by atoms with E-state index in [1.165, 1.54) is 12.3 Å². The average Bonchev–Trinajstić information content (AvgIpc) is 2.18. The molecule has 0 radical (unpaired) electrons. The molecule has 0 aromatic heterocycles. The van der Waals surface area contributed by atoms with Gasteiger partial charge in [-0.25, -0.2) is 12.8 Å². The molecule has 5 heteroatoms. The molecule has 2 nitrogen and oxygen atoms in total. The number of aryl methyl sites for hydroxylation is 1. The van der Waals surface area contributed by atoms with E-state index in [1.807, 2.05) is 0 Å². The van der Waals surface area contributed by atoms with Crippen LogP contribution in [0.25, 0.3) is 0 Å². The lowest BCUT2D eigenvalue weighted by Crippen LogP contribution is -2.21. The normalized spacial score (nSPS) is 15.8. The van der Waals surface area contributed by atoms with Gasteiger partial charge < -0.3 is 0 Å². The molecule has 2 unspecified atom stereocenters. The van der Waals surface area contributed by atoms with E-state index in [1.54, 1.807) is 26.0 Å². The third kappa shape index (κ3) is 3.04. The largest absolute Gasteiger partial charge is 0.229 e. The molecule has 0 amide bonds. The highest BCUT2D eigenvalue weighted by molar-refractivity contribution is 9.09. The number of hydrogen-bond acceptors (Lipinski definition) is 2. The Morgan fingerprint density at radius 2 is 1.94 bits per heavy atom. The first kappa shape index (κ1) is 13.6. The van der Waals surface area contributed by atoms with Gasteiger partial charge in [0.05, 0.1) is 10.1 Å². The van der Waals surface area contributed by atoms with Gasteiger partial charge in [-0.2, -0.15) is 0 Å². The van der Waals surface area contributed by atoms with Crippen LogP contribution in [0.2, 0.25) is 0 Å². The van der Waals surface area contributed by atoms with Crippen LogP contribution < -0.4 is 0 Å². The topological polar surface area (TPSA) is 34.1 Å². The molecule has 0 bridgehead atoms. The zero-order valence-electron chi connectivity index (χ0n) is 9.37. The molecule has 0 fully saturated rings. The van der Waals surface area contributed by atoms with Gasteiger partial charge in [0.1, 0.15) is 5.82 Å². The molecular weight excluding hydrogens is 295 g/mol. The molecule has 1 rings (SSSR count). The molecular formula is C11H14BrFO2S. The van der Waals surface area contributed by atoms with Crippen molar-refractivity contribution >= 4 is 25.8 Å². The molecule has 0 aliphatic rings. The van der Waals surface area contributed by atoms with Crippen molar-refractivity contribution in [3.63, 3.8) is 0 Å². The molecule has 16 heavy (non-hydrogen) atoms. The summed E-state index contributed by atoms with van der Waals surface area (Å²) in [7, 11) is -3.11. The predicted molar refractivity (Wildman–Crippen MR) is 67.1 cm³/mol. The minimum Gasteiger partial charge on any atom is -0.229 e. The molecule has 0 aliphatic carbocycles. The number of rotatable bonds is 3. The molecule has 0 saturated carbocycles. The fourth-order valence-electron chi connectivity index (χ4n) is 1.33.